The minimum absolute atomic E-state index is 0.0382. The van der Waals surface area contributed by atoms with Gasteiger partial charge in [0.2, 0.25) is 0 Å². The number of benzene rings is 1. The molecule has 1 atom stereocenters. The van der Waals surface area contributed by atoms with E-state index in [1.807, 2.05) is 25.7 Å². The fourth-order valence-electron chi connectivity index (χ4n) is 4.71. The number of hydrogen-bond acceptors (Lipinski definition) is 5. The second kappa shape index (κ2) is 8.69. The van der Waals surface area contributed by atoms with E-state index in [0.29, 0.717) is 32.8 Å². The van der Waals surface area contributed by atoms with Crippen molar-refractivity contribution in [1.82, 2.24) is 4.90 Å². The maximum Gasteiger partial charge on any atom is 0.410 e. The van der Waals surface area contributed by atoms with Crippen LogP contribution in [0.15, 0.2) is 6.07 Å². The molecule has 0 aliphatic carbocycles. The van der Waals surface area contributed by atoms with E-state index in [1.165, 1.54) is 11.1 Å². The summed E-state index contributed by atoms with van der Waals surface area (Å²) in [6.07, 6.45) is 3.66. The maximum atomic E-state index is 13.3. The molecule has 1 fully saturated rings. The first-order valence-electron chi connectivity index (χ1n) is 11.4. The number of rotatable bonds is 1. The van der Waals surface area contributed by atoms with Crippen molar-refractivity contribution in [2.75, 3.05) is 37.7 Å². The largest absolute Gasteiger partial charge is 0.490 e. The standard InChI is InChI=1S/C24H34N2O5/c1-16-18-9-11-25(23(28)31-24(2,3)4)10-8-17(18)15-20-21(16)26(12-14-30-20)22(27)19-7-5-6-13-29-19/h15,19H,5-14H2,1-4H3. The Hall–Kier alpha value is -2.28. The molecule has 0 bridgehead atoms. The zero-order valence-corrected chi connectivity index (χ0v) is 19.2. The van der Waals surface area contributed by atoms with Gasteiger partial charge in [-0.1, -0.05) is 0 Å². The molecule has 1 unspecified atom stereocenters. The lowest BCUT2D eigenvalue weighted by molar-refractivity contribution is -0.132. The summed E-state index contributed by atoms with van der Waals surface area (Å²) >= 11 is 0. The lowest BCUT2D eigenvalue weighted by Crippen LogP contribution is -2.46. The number of carbonyl (C=O) groups is 2. The number of fused-ring (bicyclic) bond motifs is 2. The Morgan fingerprint density at radius 2 is 1.87 bits per heavy atom. The Balaban J connectivity index is 1.58. The zero-order chi connectivity index (χ0) is 22.2. The molecule has 1 saturated heterocycles. The Morgan fingerprint density at radius 1 is 1.10 bits per heavy atom. The third kappa shape index (κ3) is 4.66. The minimum Gasteiger partial charge on any atom is -0.490 e. The molecule has 4 rings (SSSR count). The Bertz CT molecular complexity index is 855. The van der Waals surface area contributed by atoms with Crippen molar-refractivity contribution >= 4 is 17.7 Å². The normalized spacial score (nSPS) is 21.5. The number of nitrogens with zero attached hydrogens (tertiary/aromatic N) is 2. The highest BCUT2D eigenvalue weighted by molar-refractivity contribution is 5.99. The van der Waals surface area contributed by atoms with Gasteiger partial charge in [-0.25, -0.2) is 4.79 Å². The van der Waals surface area contributed by atoms with Crippen LogP contribution in [0.4, 0.5) is 10.5 Å². The monoisotopic (exact) mass is 430 g/mol. The van der Waals surface area contributed by atoms with Crippen LogP contribution >= 0.6 is 0 Å². The number of amides is 2. The first kappa shape index (κ1) is 21.9. The summed E-state index contributed by atoms with van der Waals surface area (Å²) in [5, 5.41) is 0. The molecule has 3 aliphatic rings. The van der Waals surface area contributed by atoms with E-state index in [1.54, 1.807) is 4.90 Å². The van der Waals surface area contributed by atoms with Crippen LogP contribution in [0.2, 0.25) is 0 Å². The van der Waals surface area contributed by atoms with Gasteiger partial charge in [-0.3, -0.25) is 4.79 Å². The molecule has 7 nitrogen and oxygen atoms in total. The Morgan fingerprint density at radius 3 is 2.58 bits per heavy atom. The summed E-state index contributed by atoms with van der Waals surface area (Å²) in [7, 11) is 0. The number of anilines is 1. The quantitative estimate of drug-likeness (QED) is 0.681. The van der Waals surface area contributed by atoms with Crippen LogP contribution in [0.3, 0.4) is 0 Å². The molecule has 1 aromatic rings. The topological polar surface area (TPSA) is 68.3 Å². The highest BCUT2D eigenvalue weighted by Crippen LogP contribution is 2.40. The van der Waals surface area contributed by atoms with Crippen molar-refractivity contribution in [3.8, 4) is 5.75 Å². The third-order valence-electron chi connectivity index (χ3n) is 6.23. The molecule has 31 heavy (non-hydrogen) atoms. The molecule has 0 N–H and O–H groups in total. The molecule has 3 aliphatic heterocycles. The number of hydrogen-bond donors (Lipinski definition) is 0. The predicted molar refractivity (Wildman–Crippen MR) is 118 cm³/mol. The van der Waals surface area contributed by atoms with Crippen molar-refractivity contribution in [3.63, 3.8) is 0 Å². The third-order valence-corrected chi connectivity index (χ3v) is 6.23. The van der Waals surface area contributed by atoms with Crippen LogP contribution in [0.25, 0.3) is 0 Å². The van der Waals surface area contributed by atoms with Crippen molar-refractivity contribution in [3.05, 3.63) is 22.8 Å². The molecule has 0 radical (unpaired) electrons. The van der Waals surface area contributed by atoms with Crippen LogP contribution in [-0.2, 0) is 27.1 Å². The average molecular weight is 431 g/mol. The first-order valence-corrected chi connectivity index (χ1v) is 11.4. The van der Waals surface area contributed by atoms with Gasteiger partial charge in [-0.05, 0) is 82.6 Å². The van der Waals surface area contributed by atoms with E-state index < -0.39 is 5.60 Å². The molecule has 1 aromatic carbocycles. The highest BCUT2D eigenvalue weighted by Gasteiger charge is 2.34. The fraction of sp³-hybridized carbons (Fsp3) is 0.667. The lowest BCUT2D eigenvalue weighted by Gasteiger charge is -2.35. The van der Waals surface area contributed by atoms with Gasteiger partial charge in [0, 0.05) is 19.7 Å². The van der Waals surface area contributed by atoms with Crippen LogP contribution in [-0.4, -0.2) is 61.5 Å². The Labute approximate surface area is 184 Å². The minimum atomic E-state index is -0.513. The van der Waals surface area contributed by atoms with E-state index in [-0.39, 0.29) is 18.1 Å². The van der Waals surface area contributed by atoms with E-state index in [4.69, 9.17) is 14.2 Å². The predicted octanol–water partition coefficient (Wildman–Crippen LogP) is 3.63. The van der Waals surface area contributed by atoms with Crippen molar-refractivity contribution in [2.45, 2.75) is 71.5 Å². The van der Waals surface area contributed by atoms with E-state index in [2.05, 4.69) is 13.0 Å². The summed E-state index contributed by atoms with van der Waals surface area (Å²) in [6.45, 7) is 10.6. The van der Waals surface area contributed by atoms with Gasteiger partial charge in [0.15, 0.2) is 0 Å². The molecule has 3 heterocycles. The van der Waals surface area contributed by atoms with Gasteiger partial charge in [0.05, 0.1) is 12.2 Å². The number of ether oxygens (including phenoxy) is 3. The zero-order valence-electron chi connectivity index (χ0n) is 19.2. The SMILES string of the molecule is Cc1c2c(cc3c1N(C(=O)C1CCCCO1)CCO3)CCN(C(=O)OC(C)(C)C)CC2. The van der Waals surface area contributed by atoms with Gasteiger partial charge < -0.3 is 24.0 Å². The average Bonchev–Trinajstić information content (AvgIpc) is 2.95. The summed E-state index contributed by atoms with van der Waals surface area (Å²) in [4.78, 5) is 29.5. The molecule has 170 valence electrons. The molecular formula is C24H34N2O5. The first-order chi connectivity index (χ1) is 14.7. The molecular weight excluding hydrogens is 396 g/mol. The van der Waals surface area contributed by atoms with Crippen LogP contribution in [0.5, 0.6) is 5.75 Å². The van der Waals surface area contributed by atoms with Crippen LogP contribution in [0, 0.1) is 6.92 Å². The van der Waals surface area contributed by atoms with Crippen molar-refractivity contribution in [1.29, 1.82) is 0 Å². The van der Waals surface area contributed by atoms with Crippen LogP contribution < -0.4 is 9.64 Å². The van der Waals surface area contributed by atoms with Crippen molar-refractivity contribution < 1.29 is 23.8 Å². The smallest absolute Gasteiger partial charge is 0.410 e. The summed E-state index contributed by atoms with van der Waals surface area (Å²) in [5.41, 5.74) is 3.82. The van der Waals surface area contributed by atoms with Gasteiger partial charge in [-0.15, -0.1) is 0 Å². The lowest BCUT2D eigenvalue weighted by atomic mass is 9.94. The van der Waals surface area contributed by atoms with Gasteiger partial charge >= 0.3 is 6.09 Å². The van der Waals surface area contributed by atoms with Gasteiger partial charge in [-0.2, -0.15) is 0 Å². The van der Waals surface area contributed by atoms with Gasteiger partial charge in [0.1, 0.15) is 24.1 Å². The van der Waals surface area contributed by atoms with E-state index in [9.17, 15) is 9.59 Å². The van der Waals surface area contributed by atoms with Gasteiger partial charge in [0.25, 0.3) is 5.91 Å². The second-order valence-electron chi connectivity index (χ2n) is 9.65. The highest BCUT2D eigenvalue weighted by atomic mass is 16.6. The second-order valence-corrected chi connectivity index (χ2v) is 9.65. The van der Waals surface area contributed by atoms with Crippen molar-refractivity contribution in [2.24, 2.45) is 0 Å². The summed E-state index contributed by atoms with van der Waals surface area (Å²) in [5.74, 6) is 0.800. The molecule has 0 spiro atoms. The fourth-order valence-corrected chi connectivity index (χ4v) is 4.71. The van der Waals surface area contributed by atoms with E-state index in [0.717, 1.165) is 49.1 Å². The molecule has 2 amide bonds. The summed E-state index contributed by atoms with van der Waals surface area (Å²) in [6, 6.07) is 2.07. The molecule has 7 heteroatoms. The van der Waals surface area contributed by atoms with Crippen LogP contribution in [0.1, 0.15) is 56.7 Å². The maximum absolute atomic E-state index is 13.3. The van der Waals surface area contributed by atoms with E-state index >= 15 is 0 Å². The Kier molecular flexibility index (Phi) is 6.15. The molecule has 0 aromatic heterocycles. The molecule has 0 saturated carbocycles. The number of carbonyl (C=O) groups excluding carboxylic acids is 2. The summed E-state index contributed by atoms with van der Waals surface area (Å²) < 4.78 is 17.3.